The minimum atomic E-state index is 0.746. The molecule has 186 valence electrons. The zero-order valence-electron chi connectivity index (χ0n) is 22.3. The van der Waals surface area contributed by atoms with E-state index in [4.69, 9.17) is 0 Å². The summed E-state index contributed by atoms with van der Waals surface area (Å²) in [6.07, 6.45) is 36.7. The van der Waals surface area contributed by atoms with Crippen LogP contribution in [0.2, 0.25) is 0 Å². The van der Waals surface area contributed by atoms with E-state index in [1.807, 2.05) is 0 Å². The summed E-state index contributed by atoms with van der Waals surface area (Å²) < 4.78 is 0. The minimum Gasteiger partial charge on any atom is -0.317 e. The average molecular weight is 436 g/mol. The first-order valence-electron chi connectivity index (χ1n) is 14.9. The first-order chi connectivity index (χ1) is 15.3. The van der Waals surface area contributed by atoms with Crippen molar-refractivity contribution >= 4 is 0 Å². The van der Waals surface area contributed by atoms with Crippen LogP contribution in [-0.4, -0.2) is 13.1 Å². The Morgan fingerprint density at radius 1 is 0.548 bits per heavy atom. The van der Waals surface area contributed by atoms with Crippen LogP contribution in [0.25, 0.3) is 0 Å². The Kier molecular flexibility index (Phi) is 19.2. The second-order valence-electron chi connectivity index (χ2n) is 11.1. The van der Waals surface area contributed by atoms with Gasteiger partial charge in [0.15, 0.2) is 0 Å². The fourth-order valence-electron chi connectivity index (χ4n) is 5.73. The molecule has 0 aromatic rings. The van der Waals surface area contributed by atoms with Gasteiger partial charge < -0.3 is 5.32 Å². The zero-order chi connectivity index (χ0) is 22.5. The van der Waals surface area contributed by atoms with Crippen LogP contribution in [0.3, 0.4) is 0 Å². The molecule has 1 atom stereocenters. The number of rotatable bonds is 24. The molecule has 0 heterocycles. The Bertz CT molecular complexity index is 359. The van der Waals surface area contributed by atoms with E-state index in [0.717, 1.165) is 11.5 Å². The number of unbranched alkanes of at least 4 members (excludes halogenated alkanes) is 16. The van der Waals surface area contributed by atoms with Gasteiger partial charge in [0.05, 0.1) is 0 Å². The zero-order valence-corrected chi connectivity index (χ0v) is 22.3. The number of hydrogen-bond donors (Lipinski definition) is 1. The summed E-state index contributed by atoms with van der Waals surface area (Å²) in [6, 6.07) is 0.769. The van der Waals surface area contributed by atoms with Gasteiger partial charge in [0.25, 0.3) is 0 Å². The summed E-state index contributed by atoms with van der Waals surface area (Å²) >= 11 is 0. The summed E-state index contributed by atoms with van der Waals surface area (Å²) in [4.78, 5) is 0. The van der Waals surface area contributed by atoms with Crippen LogP contribution in [0.5, 0.6) is 0 Å². The maximum absolute atomic E-state index is 3.60. The molecule has 1 N–H and O–H groups in total. The van der Waals surface area contributed by atoms with Crippen LogP contribution in [-0.2, 0) is 0 Å². The molecular formula is C30H61N. The highest BCUT2D eigenvalue weighted by Crippen LogP contribution is 2.49. The molecule has 1 aliphatic rings. The SMILES string of the molecule is CCCCCCCCCCCCCCCCCC1(CCC(CCCCC)NC)CCC1. The van der Waals surface area contributed by atoms with Gasteiger partial charge in [0, 0.05) is 6.04 Å². The van der Waals surface area contributed by atoms with Gasteiger partial charge in [0.2, 0.25) is 0 Å². The third-order valence-corrected chi connectivity index (χ3v) is 8.31. The highest BCUT2D eigenvalue weighted by Gasteiger charge is 2.36. The quantitative estimate of drug-likeness (QED) is 0.149. The van der Waals surface area contributed by atoms with Crippen molar-refractivity contribution in [1.82, 2.24) is 5.32 Å². The van der Waals surface area contributed by atoms with E-state index in [1.165, 1.54) is 161 Å². The fourth-order valence-corrected chi connectivity index (χ4v) is 5.73. The topological polar surface area (TPSA) is 12.0 Å². The molecule has 1 heteroatoms. The second-order valence-corrected chi connectivity index (χ2v) is 11.1. The summed E-state index contributed by atoms with van der Waals surface area (Å²) in [7, 11) is 2.18. The van der Waals surface area contributed by atoms with E-state index in [2.05, 4.69) is 26.2 Å². The highest BCUT2D eigenvalue weighted by molar-refractivity contribution is 4.88. The molecule has 0 aliphatic heterocycles. The molecule has 1 saturated carbocycles. The van der Waals surface area contributed by atoms with Gasteiger partial charge in [-0.25, -0.2) is 0 Å². The van der Waals surface area contributed by atoms with Crippen LogP contribution in [0.4, 0.5) is 0 Å². The van der Waals surface area contributed by atoms with E-state index in [-0.39, 0.29) is 0 Å². The predicted octanol–water partition coefficient (Wildman–Crippen LogP) is 10.4. The smallest absolute Gasteiger partial charge is 0.00642 e. The minimum absolute atomic E-state index is 0.746. The lowest BCUT2D eigenvalue weighted by Gasteiger charge is -2.43. The van der Waals surface area contributed by atoms with E-state index in [0.29, 0.717) is 0 Å². The van der Waals surface area contributed by atoms with Crippen molar-refractivity contribution in [1.29, 1.82) is 0 Å². The van der Waals surface area contributed by atoms with Crippen molar-refractivity contribution in [3.8, 4) is 0 Å². The lowest BCUT2D eigenvalue weighted by molar-refractivity contribution is 0.0937. The van der Waals surface area contributed by atoms with E-state index in [1.54, 1.807) is 0 Å². The lowest BCUT2D eigenvalue weighted by atomic mass is 9.63. The molecule has 31 heavy (non-hydrogen) atoms. The summed E-state index contributed by atoms with van der Waals surface area (Å²) in [5.74, 6) is 0. The van der Waals surface area contributed by atoms with Gasteiger partial charge >= 0.3 is 0 Å². The normalized spacial score (nSPS) is 16.4. The van der Waals surface area contributed by atoms with E-state index >= 15 is 0 Å². The monoisotopic (exact) mass is 435 g/mol. The molecule has 0 aromatic heterocycles. The third kappa shape index (κ3) is 15.4. The first-order valence-corrected chi connectivity index (χ1v) is 14.9. The largest absolute Gasteiger partial charge is 0.317 e. The van der Waals surface area contributed by atoms with Crippen molar-refractivity contribution in [3.05, 3.63) is 0 Å². The van der Waals surface area contributed by atoms with Crippen LogP contribution in [0.1, 0.15) is 174 Å². The van der Waals surface area contributed by atoms with Crippen molar-refractivity contribution in [3.63, 3.8) is 0 Å². The first kappa shape index (κ1) is 29.0. The second kappa shape index (κ2) is 20.6. The Labute approximate surface area is 198 Å². The lowest BCUT2D eigenvalue weighted by Crippen LogP contribution is -2.33. The van der Waals surface area contributed by atoms with Gasteiger partial charge in [-0.1, -0.05) is 136 Å². The molecule has 1 fully saturated rings. The molecule has 0 spiro atoms. The third-order valence-electron chi connectivity index (χ3n) is 8.31. The predicted molar refractivity (Wildman–Crippen MR) is 142 cm³/mol. The van der Waals surface area contributed by atoms with Gasteiger partial charge in [-0.05, 0) is 51.0 Å². The van der Waals surface area contributed by atoms with Crippen molar-refractivity contribution in [2.75, 3.05) is 7.05 Å². The molecule has 0 saturated heterocycles. The molecular weight excluding hydrogens is 374 g/mol. The standard InChI is InChI=1S/C30H61N/c1-4-6-8-9-10-11-12-13-14-15-16-17-18-19-21-25-30(26-22-27-30)28-24-29(31-3)23-20-7-5-2/h29,31H,4-28H2,1-3H3. The van der Waals surface area contributed by atoms with Gasteiger partial charge in [-0.15, -0.1) is 0 Å². The Morgan fingerprint density at radius 2 is 1.00 bits per heavy atom. The maximum atomic E-state index is 3.60. The van der Waals surface area contributed by atoms with Crippen molar-refractivity contribution in [2.24, 2.45) is 5.41 Å². The molecule has 1 rings (SSSR count). The molecule has 1 nitrogen and oxygen atoms in total. The molecule has 0 aromatic carbocycles. The van der Waals surface area contributed by atoms with E-state index < -0.39 is 0 Å². The van der Waals surface area contributed by atoms with Crippen LogP contribution >= 0.6 is 0 Å². The van der Waals surface area contributed by atoms with Gasteiger partial charge in [0.1, 0.15) is 0 Å². The van der Waals surface area contributed by atoms with Gasteiger partial charge in [-0.3, -0.25) is 0 Å². The maximum Gasteiger partial charge on any atom is 0.00642 e. The van der Waals surface area contributed by atoms with Crippen molar-refractivity contribution < 1.29 is 0 Å². The van der Waals surface area contributed by atoms with E-state index in [9.17, 15) is 0 Å². The average Bonchev–Trinajstić information content (AvgIpc) is 2.76. The highest BCUT2D eigenvalue weighted by atomic mass is 14.9. The van der Waals surface area contributed by atoms with Crippen LogP contribution in [0.15, 0.2) is 0 Å². The Hall–Kier alpha value is -0.0400. The fraction of sp³-hybridized carbons (Fsp3) is 1.00. The Balaban J connectivity index is 1.92. The van der Waals surface area contributed by atoms with Crippen LogP contribution in [0, 0.1) is 5.41 Å². The summed E-state index contributed by atoms with van der Waals surface area (Å²) in [5.41, 5.74) is 0.746. The van der Waals surface area contributed by atoms with Gasteiger partial charge in [-0.2, -0.15) is 0 Å². The molecule has 0 bridgehead atoms. The summed E-state index contributed by atoms with van der Waals surface area (Å²) in [6.45, 7) is 4.62. The molecule has 1 unspecified atom stereocenters. The number of hydrogen-bond acceptors (Lipinski definition) is 1. The molecule has 0 amide bonds. The van der Waals surface area contributed by atoms with Crippen molar-refractivity contribution in [2.45, 2.75) is 180 Å². The molecule has 1 aliphatic carbocycles. The summed E-state index contributed by atoms with van der Waals surface area (Å²) in [5, 5.41) is 3.60. The molecule has 0 radical (unpaired) electrons. The number of nitrogens with one attached hydrogen (secondary N) is 1. The van der Waals surface area contributed by atoms with Crippen LogP contribution < -0.4 is 5.32 Å². The Morgan fingerprint density at radius 3 is 1.42 bits per heavy atom.